The van der Waals surface area contributed by atoms with Crippen LogP contribution in [0.15, 0.2) is 29.2 Å². The fraction of sp³-hybridized carbons (Fsp3) is 0.565. The highest BCUT2D eigenvalue weighted by atomic mass is 16.5. The molecule has 1 unspecified atom stereocenters. The Morgan fingerprint density at radius 1 is 1.03 bits per heavy atom. The Hall–Kier alpha value is -2.86. The summed E-state index contributed by atoms with van der Waals surface area (Å²) in [4.78, 5) is 36.5. The molecule has 1 fully saturated rings. The van der Waals surface area contributed by atoms with Gasteiger partial charge < -0.3 is 25.3 Å². The van der Waals surface area contributed by atoms with Gasteiger partial charge in [0.05, 0.1) is 38.0 Å². The topological polar surface area (TPSA) is 147 Å². The van der Waals surface area contributed by atoms with Gasteiger partial charge in [-0.05, 0) is 37.9 Å². The number of piperidine rings is 1. The third-order valence-corrected chi connectivity index (χ3v) is 5.35. The summed E-state index contributed by atoms with van der Waals surface area (Å²) >= 11 is 0. The Kier molecular flexibility index (Phi) is 10.4. The number of aromatic nitrogens is 2. The van der Waals surface area contributed by atoms with Crippen LogP contribution in [0.4, 0.5) is 5.69 Å². The van der Waals surface area contributed by atoms with Gasteiger partial charge >= 0.3 is 0 Å². The van der Waals surface area contributed by atoms with Crippen molar-refractivity contribution in [3.63, 3.8) is 0 Å². The number of nitrogens with one attached hydrogen (secondary N) is 2. The van der Waals surface area contributed by atoms with Gasteiger partial charge in [0, 0.05) is 37.3 Å². The first kappa shape index (κ1) is 25.8. The highest BCUT2D eigenvalue weighted by molar-refractivity contribution is 5.99. The van der Waals surface area contributed by atoms with Crippen LogP contribution in [0.2, 0.25) is 0 Å². The molecule has 2 amide bonds. The van der Waals surface area contributed by atoms with Gasteiger partial charge in [-0.3, -0.25) is 19.7 Å². The first-order chi connectivity index (χ1) is 16.6. The van der Waals surface area contributed by atoms with Crippen molar-refractivity contribution in [3.8, 4) is 0 Å². The molecule has 0 spiro atoms. The molecule has 1 aromatic heterocycles. The number of hydrogen-bond acceptors (Lipinski definition) is 9. The molecule has 1 aromatic carbocycles. The van der Waals surface area contributed by atoms with Crippen LogP contribution in [0.3, 0.4) is 0 Å². The molecule has 0 saturated carbocycles. The molecule has 3 rings (SSSR count). The maximum Gasteiger partial charge on any atom is 0.275 e. The van der Waals surface area contributed by atoms with E-state index in [1.54, 1.807) is 12.3 Å². The van der Waals surface area contributed by atoms with E-state index in [-0.39, 0.29) is 24.3 Å². The zero-order chi connectivity index (χ0) is 24.2. The number of benzene rings is 1. The molecular weight excluding hydrogens is 442 g/mol. The highest BCUT2D eigenvalue weighted by Gasteiger charge is 2.29. The lowest BCUT2D eigenvalue weighted by molar-refractivity contribution is -0.136. The smallest absolute Gasteiger partial charge is 0.275 e. The summed E-state index contributed by atoms with van der Waals surface area (Å²) < 4.78 is 17.5. The number of carbonyl (C=O) groups excluding carboxylic acids is 2. The molecule has 0 aliphatic carbocycles. The molecule has 4 N–H and O–H groups in total. The van der Waals surface area contributed by atoms with Crippen molar-refractivity contribution >= 4 is 28.3 Å². The van der Waals surface area contributed by atoms with Crippen molar-refractivity contribution in [2.75, 3.05) is 58.0 Å². The van der Waals surface area contributed by atoms with Crippen molar-refractivity contribution < 1.29 is 23.8 Å². The Morgan fingerprint density at radius 2 is 1.74 bits per heavy atom. The predicted molar refractivity (Wildman–Crippen MR) is 127 cm³/mol. The van der Waals surface area contributed by atoms with Gasteiger partial charge in [0.1, 0.15) is 6.04 Å². The van der Waals surface area contributed by atoms with Crippen molar-refractivity contribution in [2.24, 2.45) is 5.73 Å². The Balaban J connectivity index is 1.39. The predicted octanol–water partition coefficient (Wildman–Crippen LogP) is 0.575. The second-order valence-corrected chi connectivity index (χ2v) is 7.92. The number of ether oxygens (including phenoxy) is 3. The van der Waals surface area contributed by atoms with E-state index in [1.165, 1.54) is 0 Å². The second kappa shape index (κ2) is 13.8. The molecule has 0 bridgehead atoms. The lowest BCUT2D eigenvalue weighted by Crippen LogP contribution is -2.45. The molecule has 11 heteroatoms. The standard InChI is InChI=1S/C23H33N5O6/c24-7-1-9-32-11-13-34-14-12-33-10-2-8-25-18-4-3-17-16-26-28(23(31)19(17)15-18)20-5-6-21(29)27-22(20)30/h3-4,15-16,20,25H,1-2,5-14,24H2,(H,27,29,30). The SMILES string of the molecule is NCCCOCCOCCOCCCNc1ccc2cnn(C3CCC(=O)NC3=O)c(=O)c2c1. The van der Waals surface area contributed by atoms with Gasteiger partial charge in [0.2, 0.25) is 5.91 Å². The zero-order valence-electron chi connectivity index (χ0n) is 19.3. The van der Waals surface area contributed by atoms with Gasteiger partial charge in [-0.2, -0.15) is 5.10 Å². The summed E-state index contributed by atoms with van der Waals surface area (Å²) in [5, 5.41) is 10.8. The molecule has 1 atom stereocenters. The zero-order valence-corrected chi connectivity index (χ0v) is 19.3. The number of amides is 2. The lowest BCUT2D eigenvalue weighted by Gasteiger charge is -2.21. The maximum absolute atomic E-state index is 13.0. The van der Waals surface area contributed by atoms with Crippen LogP contribution in [0, 0.1) is 0 Å². The quantitative estimate of drug-likeness (QED) is 0.248. The number of nitrogens with zero attached hydrogens (tertiary/aromatic N) is 2. The minimum atomic E-state index is -0.781. The average molecular weight is 476 g/mol. The van der Waals surface area contributed by atoms with Crippen LogP contribution < -0.4 is 21.9 Å². The van der Waals surface area contributed by atoms with Crippen molar-refractivity contribution in [2.45, 2.75) is 31.7 Å². The van der Waals surface area contributed by atoms with E-state index in [9.17, 15) is 14.4 Å². The summed E-state index contributed by atoms with van der Waals surface area (Å²) in [6.07, 6.45) is 3.65. The molecule has 186 valence electrons. The van der Waals surface area contributed by atoms with Gasteiger partial charge in [0.25, 0.3) is 11.5 Å². The van der Waals surface area contributed by atoms with Gasteiger partial charge in [-0.15, -0.1) is 0 Å². The van der Waals surface area contributed by atoms with Crippen LogP contribution in [-0.2, 0) is 23.8 Å². The van der Waals surface area contributed by atoms with Crippen LogP contribution >= 0.6 is 0 Å². The van der Waals surface area contributed by atoms with E-state index in [0.717, 1.165) is 23.2 Å². The largest absolute Gasteiger partial charge is 0.385 e. The molecule has 0 radical (unpaired) electrons. The molecule has 1 aliphatic rings. The number of fused-ring (bicyclic) bond motifs is 1. The van der Waals surface area contributed by atoms with Crippen LogP contribution in [0.5, 0.6) is 0 Å². The van der Waals surface area contributed by atoms with Crippen molar-refractivity contribution in [3.05, 3.63) is 34.7 Å². The molecule has 1 aliphatic heterocycles. The van der Waals surface area contributed by atoms with E-state index < -0.39 is 11.9 Å². The van der Waals surface area contributed by atoms with E-state index in [2.05, 4.69) is 15.7 Å². The summed E-state index contributed by atoms with van der Waals surface area (Å²) in [6.45, 7) is 4.69. The number of anilines is 1. The van der Waals surface area contributed by atoms with E-state index >= 15 is 0 Å². The molecule has 2 aromatic rings. The third-order valence-electron chi connectivity index (χ3n) is 5.35. The maximum atomic E-state index is 13.0. The van der Waals surface area contributed by atoms with E-state index in [1.807, 2.05) is 12.1 Å². The second-order valence-electron chi connectivity index (χ2n) is 7.92. The monoisotopic (exact) mass is 475 g/mol. The molecular formula is C23H33N5O6. The fourth-order valence-corrected chi connectivity index (χ4v) is 3.54. The van der Waals surface area contributed by atoms with Crippen LogP contribution in [0.1, 0.15) is 31.7 Å². The van der Waals surface area contributed by atoms with Gasteiger partial charge in [-0.25, -0.2) is 4.68 Å². The summed E-state index contributed by atoms with van der Waals surface area (Å²) in [6, 6.07) is 4.67. The van der Waals surface area contributed by atoms with E-state index in [0.29, 0.717) is 63.5 Å². The molecule has 34 heavy (non-hydrogen) atoms. The normalized spacial score (nSPS) is 16.1. The first-order valence-corrected chi connectivity index (χ1v) is 11.6. The van der Waals surface area contributed by atoms with Crippen LogP contribution in [0.25, 0.3) is 10.8 Å². The number of rotatable bonds is 15. The summed E-state index contributed by atoms with van der Waals surface area (Å²) in [5.41, 5.74) is 5.83. The average Bonchev–Trinajstić information content (AvgIpc) is 2.83. The molecule has 1 saturated heterocycles. The summed E-state index contributed by atoms with van der Waals surface area (Å²) in [5.74, 6) is -0.831. The third kappa shape index (κ3) is 7.59. The minimum absolute atomic E-state index is 0.183. The highest BCUT2D eigenvalue weighted by Crippen LogP contribution is 2.19. The molecule has 11 nitrogen and oxygen atoms in total. The van der Waals surface area contributed by atoms with Gasteiger partial charge in [-0.1, -0.05) is 6.07 Å². The van der Waals surface area contributed by atoms with Crippen molar-refractivity contribution in [1.29, 1.82) is 0 Å². The number of hydrogen-bond donors (Lipinski definition) is 3. The lowest BCUT2D eigenvalue weighted by atomic mass is 10.1. The fourth-order valence-electron chi connectivity index (χ4n) is 3.54. The number of carbonyl (C=O) groups is 2. The Labute approximate surface area is 197 Å². The number of imide groups is 1. The van der Waals surface area contributed by atoms with Crippen molar-refractivity contribution in [1.82, 2.24) is 15.1 Å². The Morgan fingerprint density at radius 3 is 2.44 bits per heavy atom. The number of nitrogens with two attached hydrogens (primary N) is 1. The van der Waals surface area contributed by atoms with E-state index in [4.69, 9.17) is 19.9 Å². The first-order valence-electron chi connectivity index (χ1n) is 11.6. The Bertz CT molecular complexity index is 1010. The summed E-state index contributed by atoms with van der Waals surface area (Å²) in [7, 11) is 0. The molecule has 2 heterocycles. The van der Waals surface area contributed by atoms with Crippen LogP contribution in [-0.4, -0.2) is 74.3 Å². The van der Waals surface area contributed by atoms with Gasteiger partial charge in [0.15, 0.2) is 0 Å². The minimum Gasteiger partial charge on any atom is -0.385 e.